The van der Waals surface area contributed by atoms with Crippen molar-refractivity contribution in [1.29, 1.82) is 0 Å². The van der Waals surface area contributed by atoms with Crippen LogP contribution in [-0.4, -0.2) is 52.9 Å². The smallest absolute Gasteiger partial charge is 0.276 e. The van der Waals surface area contributed by atoms with Crippen molar-refractivity contribution in [3.05, 3.63) is 29.7 Å². The van der Waals surface area contributed by atoms with Crippen LogP contribution in [-0.2, 0) is 4.74 Å². The third-order valence-corrected chi connectivity index (χ3v) is 5.36. The lowest BCUT2D eigenvalue weighted by atomic mass is 9.95. The number of piperidine rings is 1. The predicted octanol–water partition coefficient (Wildman–Crippen LogP) is 3.47. The van der Waals surface area contributed by atoms with E-state index in [1.807, 2.05) is 12.1 Å². The summed E-state index contributed by atoms with van der Waals surface area (Å²) in [6.45, 7) is 9.51. The van der Waals surface area contributed by atoms with E-state index in [-0.39, 0.29) is 0 Å². The molecule has 1 unspecified atom stereocenters. The van der Waals surface area contributed by atoms with Crippen LogP contribution in [0.2, 0.25) is 0 Å². The number of rotatable bonds is 5. The number of aromatic nitrogens is 3. The number of ether oxygens (including phenoxy) is 1. The Kier molecular flexibility index (Phi) is 5.31. The van der Waals surface area contributed by atoms with Gasteiger partial charge in [-0.1, -0.05) is 25.1 Å². The lowest BCUT2D eigenvalue weighted by Crippen LogP contribution is -2.35. The molecule has 0 bridgehead atoms. The second-order valence-corrected chi connectivity index (χ2v) is 7.93. The van der Waals surface area contributed by atoms with Gasteiger partial charge < -0.3 is 14.2 Å². The van der Waals surface area contributed by atoms with Gasteiger partial charge in [-0.3, -0.25) is 0 Å². The highest BCUT2D eigenvalue weighted by molar-refractivity contribution is 5.47. The highest BCUT2D eigenvalue weighted by atomic mass is 16.5. The molecule has 4 rings (SSSR count). The Balaban J connectivity index is 1.43. The second-order valence-electron chi connectivity index (χ2n) is 7.93. The summed E-state index contributed by atoms with van der Waals surface area (Å²) in [6.07, 6.45) is 3.22. The summed E-state index contributed by atoms with van der Waals surface area (Å²) in [5, 5.41) is 4.26. The molecule has 26 heavy (non-hydrogen) atoms. The molecule has 0 aliphatic carbocycles. The molecule has 140 valence electrons. The molecule has 0 saturated carbocycles. The molecule has 4 heterocycles. The standard InChI is InChI=1S/C20H28N4O2/c1-14(2)12-24-9-6-15(7-10-24)19-22-20(26-23-19)18-5-3-4-17(21-18)16-8-11-25-13-16/h3-5,14-16H,6-13H2,1-2H3. The molecule has 0 radical (unpaired) electrons. The molecular weight excluding hydrogens is 328 g/mol. The van der Waals surface area contributed by atoms with Gasteiger partial charge in [-0.15, -0.1) is 0 Å². The Morgan fingerprint density at radius 2 is 1.96 bits per heavy atom. The second kappa shape index (κ2) is 7.84. The van der Waals surface area contributed by atoms with Crippen molar-refractivity contribution >= 4 is 0 Å². The van der Waals surface area contributed by atoms with Crippen LogP contribution >= 0.6 is 0 Å². The average molecular weight is 356 g/mol. The highest BCUT2D eigenvalue weighted by Gasteiger charge is 2.26. The molecule has 6 nitrogen and oxygen atoms in total. The SMILES string of the molecule is CC(C)CN1CCC(c2noc(-c3cccc(C4CCOC4)n3)n2)CC1. The van der Waals surface area contributed by atoms with E-state index in [0.717, 1.165) is 62.8 Å². The largest absolute Gasteiger partial charge is 0.381 e. The van der Waals surface area contributed by atoms with E-state index in [2.05, 4.69) is 35.0 Å². The van der Waals surface area contributed by atoms with Gasteiger partial charge in [-0.25, -0.2) is 4.98 Å². The molecule has 0 spiro atoms. The first-order valence-corrected chi connectivity index (χ1v) is 9.80. The molecule has 2 aromatic rings. The molecule has 2 aromatic heterocycles. The van der Waals surface area contributed by atoms with Gasteiger partial charge in [0.05, 0.1) is 6.61 Å². The van der Waals surface area contributed by atoms with Crippen LogP contribution in [0.15, 0.2) is 22.7 Å². The monoisotopic (exact) mass is 356 g/mol. The average Bonchev–Trinajstić information content (AvgIpc) is 3.34. The maximum atomic E-state index is 5.54. The Hall–Kier alpha value is -1.79. The molecule has 0 amide bonds. The zero-order valence-electron chi connectivity index (χ0n) is 15.7. The lowest BCUT2D eigenvalue weighted by Gasteiger charge is -2.31. The van der Waals surface area contributed by atoms with Crippen molar-refractivity contribution < 1.29 is 9.26 Å². The van der Waals surface area contributed by atoms with Gasteiger partial charge in [0, 0.05) is 30.7 Å². The third kappa shape index (κ3) is 3.96. The first-order chi connectivity index (χ1) is 12.7. The van der Waals surface area contributed by atoms with E-state index in [0.29, 0.717) is 23.6 Å². The maximum absolute atomic E-state index is 5.54. The zero-order chi connectivity index (χ0) is 17.9. The van der Waals surface area contributed by atoms with E-state index in [9.17, 15) is 0 Å². The topological polar surface area (TPSA) is 64.3 Å². The van der Waals surface area contributed by atoms with Gasteiger partial charge in [-0.2, -0.15) is 4.98 Å². The summed E-state index contributed by atoms with van der Waals surface area (Å²) in [5.41, 5.74) is 1.83. The van der Waals surface area contributed by atoms with Crippen LogP contribution in [0.4, 0.5) is 0 Å². The van der Waals surface area contributed by atoms with Crippen molar-refractivity contribution in [1.82, 2.24) is 20.0 Å². The van der Waals surface area contributed by atoms with Gasteiger partial charge in [0.1, 0.15) is 5.69 Å². The Morgan fingerprint density at radius 3 is 2.69 bits per heavy atom. The van der Waals surface area contributed by atoms with Gasteiger partial charge in [0.25, 0.3) is 5.89 Å². The number of hydrogen-bond donors (Lipinski definition) is 0. The summed E-state index contributed by atoms with van der Waals surface area (Å²) >= 11 is 0. The van der Waals surface area contributed by atoms with Crippen molar-refractivity contribution in [2.24, 2.45) is 5.92 Å². The zero-order valence-corrected chi connectivity index (χ0v) is 15.7. The molecule has 0 N–H and O–H groups in total. The highest BCUT2D eigenvalue weighted by Crippen LogP contribution is 2.29. The van der Waals surface area contributed by atoms with E-state index >= 15 is 0 Å². The predicted molar refractivity (Wildman–Crippen MR) is 99.0 cm³/mol. The minimum atomic E-state index is 0.377. The Morgan fingerprint density at radius 1 is 1.12 bits per heavy atom. The van der Waals surface area contributed by atoms with Crippen LogP contribution < -0.4 is 0 Å². The molecular formula is C20H28N4O2. The summed E-state index contributed by atoms with van der Waals surface area (Å²) in [4.78, 5) is 12.0. The van der Waals surface area contributed by atoms with Crippen LogP contribution in [0, 0.1) is 5.92 Å². The van der Waals surface area contributed by atoms with Crippen molar-refractivity contribution in [3.63, 3.8) is 0 Å². The van der Waals surface area contributed by atoms with Gasteiger partial charge >= 0.3 is 0 Å². The fourth-order valence-corrected chi connectivity index (χ4v) is 3.96. The minimum absolute atomic E-state index is 0.377. The molecule has 1 atom stereocenters. The maximum Gasteiger partial charge on any atom is 0.276 e. The number of hydrogen-bond acceptors (Lipinski definition) is 6. The van der Waals surface area contributed by atoms with E-state index < -0.39 is 0 Å². The molecule has 2 fully saturated rings. The number of pyridine rings is 1. The Bertz CT molecular complexity index is 716. The number of likely N-dealkylation sites (tertiary alicyclic amines) is 1. The van der Waals surface area contributed by atoms with Crippen LogP contribution in [0.5, 0.6) is 0 Å². The number of nitrogens with zero attached hydrogens (tertiary/aromatic N) is 4. The summed E-state index contributed by atoms with van der Waals surface area (Å²) in [5.74, 6) is 2.85. The van der Waals surface area contributed by atoms with Crippen molar-refractivity contribution in [2.45, 2.75) is 44.9 Å². The van der Waals surface area contributed by atoms with E-state index in [1.165, 1.54) is 6.54 Å². The van der Waals surface area contributed by atoms with Crippen LogP contribution in [0.25, 0.3) is 11.6 Å². The lowest BCUT2D eigenvalue weighted by molar-refractivity contribution is 0.188. The summed E-state index contributed by atoms with van der Waals surface area (Å²) in [6, 6.07) is 6.02. The first kappa shape index (κ1) is 17.6. The van der Waals surface area contributed by atoms with Gasteiger partial charge in [0.2, 0.25) is 0 Å². The fraction of sp³-hybridized carbons (Fsp3) is 0.650. The van der Waals surface area contributed by atoms with Crippen LogP contribution in [0.3, 0.4) is 0 Å². The van der Waals surface area contributed by atoms with Crippen molar-refractivity contribution in [3.8, 4) is 11.6 Å². The van der Waals surface area contributed by atoms with Gasteiger partial charge in [-0.05, 0) is 50.4 Å². The van der Waals surface area contributed by atoms with Crippen LogP contribution in [0.1, 0.15) is 56.5 Å². The third-order valence-electron chi connectivity index (χ3n) is 5.36. The van der Waals surface area contributed by atoms with Gasteiger partial charge in [0.15, 0.2) is 5.82 Å². The van der Waals surface area contributed by atoms with E-state index in [1.54, 1.807) is 0 Å². The summed E-state index contributed by atoms with van der Waals surface area (Å²) in [7, 11) is 0. The quantitative estimate of drug-likeness (QED) is 0.817. The first-order valence-electron chi connectivity index (χ1n) is 9.80. The molecule has 2 aliphatic rings. The van der Waals surface area contributed by atoms with E-state index in [4.69, 9.17) is 14.2 Å². The molecule has 6 heteroatoms. The molecule has 0 aromatic carbocycles. The Labute approximate surface area is 154 Å². The molecule has 2 saturated heterocycles. The normalized spacial score (nSPS) is 22.3. The van der Waals surface area contributed by atoms with Crippen molar-refractivity contribution in [2.75, 3.05) is 32.8 Å². The minimum Gasteiger partial charge on any atom is -0.381 e. The fourth-order valence-electron chi connectivity index (χ4n) is 3.96. The summed E-state index contributed by atoms with van der Waals surface area (Å²) < 4.78 is 11.0. The molecule has 2 aliphatic heterocycles.